The van der Waals surface area contributed by atoms with Crippen molar-refractivity contribution in [3.63, 3.8) is 0 Å². The van der Waals surface area contributed by atoms with E-state index in [0.29, 0.717) is 25.6 Å². The number of carbonyl (C=O) groups excluding carboxylic acids is 1. The lowest BCUT2D eigenvalue weighted by molar-refractivity contribution is -0.122. The number of nitriles is 1. The van der Waals surface area contributed by atoms with E-state index in [-0.39, 0.29) is 5.91 Å². The third-order valence-corrected chi connectivity index (χ3v) is 2.29. The van der Waals surface area contributed by atoms with E-state index in [9.17, 15) is 4.79 Å². The second-order valence-electron chi connectivity index (χ2n) is 3.56. The van der Waals surface area contributed by atoms with Crippen LogP contribution in [0.25, 0.3) is 0 Å². The Labute approximate surface area is 84.9 Å². The molecule has 1 amide bonds. The molecule has 0 bridgehead atoms. The van der Waals surface area contributed by atoms with Crippen LogP contribution in [0.4, 0.5) is 0 Å². The van der Waals surface area contributed by atoms with Crippen LogP contribution in [0.15, 0.2) is 0 Å². The second kappa shape index (κ2) is 5.61. The summed E-state index contributed by atoms with van der Waals surface area (Å²) in [6.07, 6.45) is 2.85. The van der Waals surface area contributed by atoms with Crippen LogP contribution in [-0.4, -0.2) is 36.5 Å². The van der Waals surface area contributed by atoms with Crippen molar-refractivity contribution >= 4 is 5.91 Å². The van der Waals surface area contributed by atoms with Crippen molar-refractivity contribution in [1.82, 2.24) is 10.2 Å². The maximum Gasteiger partial charge on any atom is 0.234 e. The molecule has 4 nitrogen and oxygen atoms in total. The van der Waals surface area contributed by atoms with Crippen LogP contribution in [0.1, 0.15) is 26.2 Å². The summed E-state index contributed by atoms with van der Waals surface area (Å²) in [7, 11) is 0. The molecule has 1 saturated carbocycles. The number of nitrogens with zero attached hydrogens (tertiary/aromatic N) is 2. The number of likely N-dealkylation sites (N-methyl/N-ethyl adjacent to an activating group) is 1. The van der Waals surface area contributed by atoms with Crippen LogP contribution in [-0.2, 0) is 4.79 Å². The number of nitrogens with one attached hydrogen (secondary N) is 1. The molecule has 1 aliphatic rings. The van der Waals surface area contributed by atoms with Gasteiger partial charge in [-0.25, -0.2) is 0 Å². The Morgan fingerprint density at radius 1 is 1.64 bits per heavy atom. The van der Waals surface area contributed by atoms with Crippen molar-refractivity contribution in [3.8, 4) is 6.07 Å². The largest absolute Gasteiger partial charge is 0.355 e. The Balaban J connectivity index is 2.28. The van der Waals surface area contributed by atoms with Crippen LogP contribution >= 0.6 is 0 Å². The smallest absolute Gasteiger partial charge is 0.234 e. The van der Waals surface area contributed by atoms with Gasteiger partial charge in [0.15, 0.2) is 0 Å². The average molecular weight is 195 g/mol. The Morgan fingerprint density at radius 2 is 2.36 bits per heavy atom. The minimum Gasteiger partial charge on any atom is -0.355 e. The minimum absolute atomic E-state index is 0.0670. The van der Waals surface area contributed by atoms with Gasteiger partial charge in [0.25, 0.3) is 0 Å². The zero-order valence-electron chi connectivity index (χ0n) is 8.62. The normalized spacial score (nSPS) is 15.2. The van der Waals surface area contributed by atoms with E-state index in [2.05, 4.69) is 16.3 Å². The van der Waals surface area contributed by atoms with Crippen molar-refractivity contribution in [1.29, 1.82) is 5.26 Å². The number of hydrogen-bond acceptors (Lipinski definition) is 3. The Morgan fingerprint density at radius 3 is 2.86 bits per heavy atom. The summed E-state index contributed by atoms with van der Waals surface area (Å²) in [6.45, 7) is 3.75. The van der Waals surface area contributed by atoms with Crippen LogP contribution < -0.4 is 5.32 Å². The highest BCUT2D eigenvalue weighted by molar-refractivity contribution is 5.78. The quantitative estimate of drug-likeness (QED) is 0.671. The van der Waals surface area contributed by atoms with Crippen molar-refractivity contribution < 1.29 is 4.79 Å². The van der Waals surface area contributed by atoms with Gasteiger partial charge in [-0.1, -0.05) is 0 Å². The predicted molar refractivity (Wildman–Crippen MR) is 53.5 cm³/mol. The Kier molecular flexibility index (Phi) is 4.41. The fourth-order valence-corrected chi connectivity index (χ4v) is 1.46. The van der Waals surface area contributed by atoms with Gasteiger partial charge >= 0.3 is 0 Å². The van der Waals surface area contributed by atoms with Gasteiger partial charge in [-0.3, -0.25) is 9.69 Å². The third-order valence-electron chi connectivity index (χ3n) is 2.29. The number of carbonyl (C=O) groups is 1. The lowest BCUT2D eigenvalue weighted by Gasteiger charge is -2.19. The predicted octanol–water partition coefficient (Wildman–Crippen LogP) is 0.501. The zero-order chi connectivity index (χ0) is 10.4. The van der Waals surface area contributed by atoms with Crippen molar-refractivity contribution in [2.75, 3.05) is 19.6 Å². The van der Waals surface area contributed by atoms with Crippen molar-refractivity contribution in [3.05, 3.63) is 0 Å². The molecule has 0 spiro atoms. The fraction of sp³-hybridized carbons (Fsp3) is 0.800. The topological polar surface area (TPSA) is 56.1 Å². The van der Waals surface area contributed by atoms with Gasteiger partial charge in [0, 0.05) is 25.6 Å². The van der Waals surface area contributed by atoms with Gasteiger partial charge in [0.1, 0.15) is 0 Å². The summed E-state index contributed by atoms with van der Waals surface area (Å²) >= 11 is 0. The molecule has 0 unspecified atom stereocenters. The molecule has 1 N–H and O–H groups in total. The van der Waals surface area contributed by atoms with E-state index in [4.69, 9.17) is 5.26 Å². The summed E-state index contributed by atoms with van der Waals surface area (Å²) in [5.41, 5.74) is 0. The molecule has 0 aromatic heterocycles. The molecule has 1 fully saturated rings. The maximum atomic E-state index is 11.3. The maximum absolute atomic E-state index is 11.3. The highest BCUT2D eigenvalue weighted by atomic mass is 16.2. The third kappa shape index (κ3) is 3.75. The summed E-state index contributed by atoms with van der Waals surface area (Å²) in [5.74, 6) is 0.0670. The van der Waals surface area contributed by atoms with Gasteiger partial charge in [-0.2, -0.15) is 5.26 Å². The van der Waals surface area contributed by atoms with Crippen LogP contribution in [0.3, 0.4) is 0 Å². The van der Waals surface area contributed by atoms with Gasteiger partial charge in [-0.15, -0.1) is 0 Å². The standard InChI is InChI=1S/C10H17N3O/c1-2-12-10(14)8-13(7-3-6-11)9-4-5-9/h9H,2-5,7-8H2,1H3,(H,12,14). The summed E-state index contributed by atoms with van der Waals surface area (Å²) in [4.78, 5) is 13.4. The lowest BCUT2D eigenvalue weighted by atomic mass is 10.3. The Bertz CT molecular complexity index is 230. The summed E-state index contributed by atoms with van der Waals surface area (Å²) in [6, 6.07) is 2.66. The van der Waals surface area contributed by atoms with Crippen LogP contribution in [0.2, 0.25) is 0 Å². The fourth-order valence-electron chi connectivity index (χ4n) is 1.46. The minimum atomic E-state index is 0.0670. The first-order valence-corrected chi connectivity index (χ1v) is 5.15. The molecule has 1 rings (SSSR count). The van der Waals surface area contributed by atoms with Crippen LogP contribution in [0.5, 0.6) is 0 Å². The zero-order valence-corrected chi connectivity index (χ0v) is 8.62. The summed E-state index contributed by atoms with van der Waals surface area (Å²) < 4.78 is 0. The Hall–Kier alpha value is -1.08. The number of amides is 1. The molecule has 0 radical (unpaired) electrons. The molecule has 1 aliphatic carbocycles. The van der Waals surface area contributed by atoms with E-state index in [0.717, 1.165) is 6.54 Å². The van der Waals surface area contributed by atoms with E-state index in [1.807, 2.05) is 6.92 Å². The SMILES string of the molecule is CCNC(=O)CN(CCC#N)C1CC1. The molecule has 0 atom stereocenters. The molecular weight excluding hydrogens is 178 g/mol. The molecule has 0 aromatic rings. The lowest BCUT2D eigenvalue weighted by Crippen LogP contribution is -2.38. The van der Waals surface area contributed by atoms with E-state index in [1.54, 1.807) is 0 Å². The van der Waals surface area contributed by atoms with Crippen molar-refractivity contribution in [2.24, 2.45) is 0 Å². The van der Waals surface area contributed by atoms with Gasteiger partial charge in [0.2, 0.25) is 5.91 Å². The highest BCUT2D eigenvalue weighted by Crippen LogP contribution is 2.26. The first kappa shape index (κ1) is 11.0. The molecule has 14 heavy (non-hydrogen) atoms. The van der Waals surface area contributed by atoms with Gasteiger partial charge in [-0.05, 0) is 19.8 Å². The number of rotatable bonds is 6. The molecule has 4 heteroatoms. The molecule has 0 aromatic carbocycles. The second-order valence-corrected chi connectivity index (χ2v) is 3.56. The van der Waals surface area contributed by atoms with Gasteiger partial charge in [0.05, 0.1) is 12.6 Å². The molecule has 0 heterocycles. The monoisotopic (exact) mass is 195 g/mol. The van der Waals surface area contributed by atoms with Gasteiger partial charge < -0.3 is 5.32 Å². The molecule has 0 aliphatic heterocycles. The molecule has 78 valence electrons. The molecule has 0 saturated heterocycles. The average Bonchev–Trinajstić information content (AvgIpc) is 2.95. The summed E-state index contributed by atoms with van der Waals surface area (Å²) in [5, 5.41) is 11.2. The van der Waals surface area contributed by atoms with Crippen LogP contribution in [0, 0.1) is 11.3 Å². The highest BCUT2D eigenvalue weighted by Gasteiger charge is 2.29. The molecular formula is C10H17N3O. The van der Waals surface area contributed by atoms with E-state index in [1.165, 1.54) is 12.8 Å². The first-order chi connectivity index (χ1) is 6.77. The number of hydrogen-bond donors (Lipinski definition) is 1. The first-order valence-electron chi connectivity index (χ1n) is 5.15. The van der Waals surface area contributed by atoms with Crippen molar-refractivity contribution in [2.45, 2.75) is 32.2 Å². The van der Waals surface area contributed by atoms with E-state index >= 15 is 0 Å². The van der Waals surface area contributed by atoms with E-state index < -0.39 is 0 Å².